The molecule has 1 aliphatic rings. The van der Waals surface area contributed by atoms with Gasteiger partial charge in [0.2, 0.25) is 0 Å². The number of esters is 1. The normalized spacial score (nSPS) is 14.9. The van der Waals surface area contributed by atoms with E-state index in [1.807, 2.05) is 45.0 Å². The Morgan fingerprint density at radius 1 is 0.971 bits per heavy atom. The molecule has 1 N–H and O–H groups in total. The summed E-state index contributed by atoms with van der Waals surface area (Å²) in [5.41, 5.74) is 2.13. The van der Waals surface area contributed by atoms with Gasteiger partial charge in [0, 0.05) is 5.56 Å². The first-order valence-electron chi connectivity index (χ1n) is 12.2. The molecule has 0 bridgehead atoms. The first-order valence-corrected chi connectivity index (χ1v) is 12.2. The van der Waals surface area contributed by atoms with Crippen molar-refractivity contribution < 1.29 is 23.9 Å². The van der Waals surface area contributed by atoms with E-state index in [0.717, 1.165) is 0 Å². The molecule has 6 heteroatoms. The summed E-state index contributed by atoms with van der Waals surface area (Å²) in [6.45, 7) is 5.52. The Morgan fingerprint density at radius 3 is 2.29 bits per heavy atom. The summed E-state index contributed by atoms with van der Waals surface area (Å²) in [7, 11) is 0. The highest BCUT2D eigenvalue weighted by molar-refractivity contribution is 6.00. The summed E-state index contributed by atoms with van der Waals surface area (Å²) < 4.78 is 10.8. The molecule has 0 heterocycles. The average molecular weight is 466 g/mol. The lowest BCUT2D eigenvalue weighted by Gasteiger charge is -2.22. The molecule has 0 spiro atoms. The second-order valence-corrected chi connectivity index (χ2v) is 9.11. The van der Waals surface area contributed by atoms with E-state index in [9.17, 15) is 14.4 Å². The van der Waals surface area contributed by atoms with Crippen LogP contribution in [0.1, 0.15) is 85.1 Å². The monoisotopic (exact) mass is 465 g/mol. The van der Waals surface area contributed by atoms with Gasteiger partial charge in [-0.25, -0.2) is 4.79 Å². The van der Waals surface area contributed by atoms with Gasteiger partial charge in [-0.15, -0.1) is 0 Å². The Bertz CT molecular complexity index is 977. The van der Waals surface area contributed by atoms with Gasteiger partial charge in [0.1, 0.15) is 11.8 Å². The molecule has 1 fully saturated rings. The van der Waals surface area contributed by atoms with Crippen molar-refractivity contribution in [3.05, 3.63) is 65.2 Å². The Labute approximate surface area is 202 Å². The predicted octanol–water partition coefficient (Wildman–Crippen LogP) is 5.31. The van der Waals surface area contributed by atoms with Crippen molar-refractivity contribution in [1.82, 2.24) is 5.32 Å². The maximum Gasteiger partial charge on any atom is 0.329 e. The van der Waals surface area contributed by atoms with Crippen LogP contribution in [0.2, 0.25) is 0 Å². The molecule has 1 atom stereocenters. The minimum atomic E-state index is -0.885. The van der Waals surface area contributed by atoms with Gasteiger partial charge < -0.3 is 14.8 Å². The van der Waals surface area contributed by atoms with E-state index in [4.69, 9.17) is 9.47 Å². The fourth-order valence-electron chi connectivity index (χ4n) is 4.34. The highest BCUT2D eigenvalue weighted by Gasteiger charge is 2.28. The van der Waals surface area contributed by atoms with Gasteiger partial charge in [-0.3, -0.25) is 9.59 Å². The zero-order chi connectivity index (χ0) is 24.5. The molecule has 6 nitrogen and oxygen atoms in total. The lowest BCUT2D eigenvalue weighted by Crippen LogP contribution is -2.45. The molecule has 1 aliphatic carbocycles. The number of para-hydroxylation sites is 1. The highest BCUT2D eigenvalue weighted by atomic mass is 16.5. The van der Waals surface area contributed by atoms with E-state index in [0.29, 0.717) is 29.4 Å². The molecule has 2 aromatic carbocycles. The number of nitrogens with one attached hydrogen (secondary N) is 1. The second kappa shape index (κ2) is 12.4. The summed E-state index contributed by atoms with van der Waals surface area (Å²) in [6.07, 6.45) is 6.21. The second-order valence-electron chi connectivity index (χ2n) is 9.11. The molecule has 182 valence electrons. The summed E-state index contributed by atoms with van der Waals surface area (Å²) in [5.74, 6) is -0.530. The van der Waals surface area contributed by atoms with Crippen LogP contribution in [-0.4, -0.2) is 36.9 Å². The van der Waals surface area contributed by atoms with Crippen molar-refractivity contribution >= 4 is 17.7 Å². The van der Waals surface area contributed by atoms with Crippen LogP contribution in [0.5, 0.6) is 5.75 Å². The lowest BCUT2D eigenvalue weighted by atomic mass is 9.84. The van der Waals surface area contributed by atoms with Gasteiger partial charge in [0.15, 0.2) is 12.4 Å². The largest absolute Gasteiger partial charge is 0.493 e. The zero-order valence-electron chi connectivity index (χ0n) is 20.3. The number of Topliss-reactive ketones (excluding diaryl/α,β-unsaturated/α-hetero) is 1. The molecule has 0 saturated heterocycles. The van der Waals surface area contributed by atoms with Gasteiger partial charge in [0.05, 0.1) is 12.2 Å². The van der Waals surface area contributed by atoms with Crippen molar-refractivity contribution in [3.63, 3.8) is 0 Å². The van der Waals surface area contributed by atoms with Gasteiger partial charge in [-0.05, 0) is 49.3 Å². The molecule has 3 rings (SSSR count). The number of carbonyl (C=O) groups excluding carboxylic acids is 3. The van der Waals surface area contributed by atoms with Crippen LogP contribution in [0.3, 0.4) is 0 Å². The smallest absolute Gasteiger partial charge is 0.329 e. The number of ether oxygens (including phenoxy) is 2. The fourth-order valence-corrected chi connectivity index (χ4v) is 4.34. The van der Waals surface area contributed by atoms with Crippen molar-refractivity contribution in [2.45, 2.75) is 64.8 Å². The van der Waals surface area contributed by atoms with Crippen LogP contribution in [0, 0.1) is 5.92 Å². The first-order chi connectivity index (χ1) is 16.4. The van der Waals surface area contributed by atoms with Gasteiger partial charge in [0.25, 0.3) is 5.91 Å². The van der Waals surface area contributed by atoms with E-state index in [1.165, 1.54) is 37.7 Å². The third kappa shape index (κ3) is 6.69. The lowest BCUT2D eigenvalue weighted by molar-refractivity contribution is -0.145. The highest BCUT2D eigenvalue weighted by Crippen LogP contribution is 2.32. The molecular weight excluding hydrogens is 430 g/mol. The number of hydrogen-bond donors (Lipinski definition) is 1. The van der Waals surface area contributed by atoms with Crippen LogP contribution < -0.4 is 10.1 Å². The molecule has 1 unspecified atom stereocenters. The van der Waals surface area contributed by atoms with E-state index >= 15 is 0 Å². The zero-order valence-corrected chi connectivity index (χ0v) is 20.3. The first kappa shape index (κ1) is 25.5. The van der Waals surface area contributed by atoms with Crippen LogP contribution in [-0.2, 0) is 9.53 Å². The maximum absolute atomic E-state index is 12.8. The Hall–Kier alpha value is -3.15. The van der Waals surface area contributed by atoms with Crippen molar-refractivity contribution in [2.75, 3.05) is 13.2 Å². The van der Waals surface area contributed by atoms with Crippen LogP contribution in [0.4, 0.5) is 0 Å². The number of amides is 1. The van der Waals surface area contributed by atoms with Gasteiger partial charge >= 0.3 is 5.97 Å². The van der Waals surface area contributed by atoms with Crippen LogP contribution in [0.15, 0.2) is 48.5 Å². The topological polar surface area (TPSA) is 81.7 Å². The SMILES string of the molecule is CCOc1ccccc1C(=O)NC(C(=O)OCC(=O)c1ccc(C2CCCCC2)cc1)C(C)C. The average Bonchev–Trinajstić information content (AvgIpc) is 2.86. The molecule has 0 aliphatic heterocycles. The summed E-state index contributed by atoms with van der Waals surface area (Å²) in [5, 5.41) is 2.73. The number of rotatable bonds is 10. The Balaban J connectivity index is 1.58. The molecule has 0 radical (unpaired) electrons. The number of carbonyl (C=O) groups is 3. The molecule has 1 saturated carbocycles. The minimum absolute atomic E-state index is 0.222. The van der Waals surface area contributed by atoms with Gasteiger partial charge in [-0.2, -0.15) is 0 Å². The molecule has 1 amide bonds. The number of ketones is 1. The standard InChI is InChI=1S/C28H35NO5/c1-4-33-25-13-9-8-12-23(25)27(31)29-26(19(2)3)28(32)34-18-24(30)22-16-14-21(15-17-22)20-10-6-5-7-11-20/h8-9,12-17,19-20,26H,4-7,10-11,18H2,1-3H3,(H,29,31). The molecule has 34 heavy (non-hydrogen) atoms. The van der Waals surface area contributed by atoms with Crippen molar-refractivity contribution in [2.24, 2.45) is 5.92 Å². The molecule has 0 aromatic heterocycles. The van der Waals surface area contributed by atoms with E-state index < -0.39 is 17.9 Å². The third-order valence-electron chi connectivity index (χ3n) is 6.29. The summed E-state index contributed by atoms with van der Waals surface area (Å²) in [4.78, 5) is 38.2. The fraction of sp³-hybridized carbons (Fsp3) is 0.464. The summed E-state index contributed by atoms with van der Waals surface area (Å²) in [6, 6.07) is 13.6. The van der Waals surface area contributed by atoms with Crippen LogP contribution >= 0.6 is 0 Å². The van der Waals surface area contributed by atoms with E-state index in [1.54, 1.807) is 24.3 Å². The van der Waals surface area contributed by atoms with E-state index in [2.05, 4.69) is 5.32 Å². The van der Waals surface area contributed by atoms with Crippen molar-refractivity contribution in [1.29, 1.82) is 0 Å². The molecule has 2 aromatic rings. The van der Waals surface area contributed by atoms with E-state index in [-0.39, 0.29) is 18.3 Å². The number of hydrogen-bond acceptors (Lipinski definition) is 5. The number of benzene rings is 2. The molecular formula is C28H35NO5. The quantitative estimate of drug-likeness (QED) is 0.380. The van der Waals surface area contributed by atoms with Gasteiger partial charge in [-0.1, -0.05) is 69.5 Å². The van der Waals surface area contributed by atoms with Crippen molar-refractivity contribution in [3.8, 4) is 5.75 Å². The minimum Gasteiger partial charge on any atom is -0.493 e. The predicted molar refractivity (Wildman–Crippen MR) is 131 cm³/mol. The summed E-state index contributed by atoms with van der Waals surface area (Å²) >= 11 is 0. The third-order valence-corrected chi connectivity index (χ3v) is 6.29. The maximum atomic E-state index is 12.8. The Kier molecular flexibility index (Phi) is 9.25. The Morgan fingerprint density at radius 2 is 1.65 bits per heavy atom. The van der Waals surface area contributed by atoms with Crippen LogP contribution in [0.25, 0.3) is 0 Å².